The van der Waals surface area contributed by atoms with Gasteiger partial charge in [0.25, 0.3) is 0 Å². The van der Waals surface area contributed by atoms with E-state index in [-0.39, 0.29) is 22.5 Å². The minimum atomic E-state index is -1.30. The summed E-state index contributed by atoms with van der Waals surface area (Å²) < 4.78 is 26.9. The van der Waals surface area contributed by atoms with Crippen molar-refractivity contribution < 1.29 is 8.60 Å². The highest BCUT2D eigenvalue weighted by atomic mass is 32.2. The Hall–Kier alpha value is -0.740. The Kier molecular flexibility index (Phi) is 5.55. The van der Waals surface area contributed by atoms with Crippen LogP contribution in [0.4, 0.5) is 4.39 Å². The van der Waals surface area contributed by atoms with Gasteiger partial charge in [-0.3, -0.25) is 4.21 Å². The molecule has 4 heteroatoms. The molecule has 1 aliphatic carbocycles. The summed E-state index contributed by atoms with van der Waals surface area (Å²) in [4.78, 5) is 0.350. The first kappa shape index (κ1) is 16.6. The third kappa shape index (κ3) is 4.13. The minimum Gasteiger partial charge on any atom is -0.313 e. The van der Waals surface area contributed by atoms with Crippen molar-refractivity contribution in [2.75, 3.05) is 6.54 Å². The van der Waals surface area contributed by atoms with Crippen LogP contribution in [0, 0.1) is 11.2 Å². The van der Waals surface area contributed by atoms with Crippen LogP contribution in [0.25, 0.3) is 0 Å². The van der Waals surface area contributed by atoms with E-state index in [9.17, 15) is 8.60 Å². The van der Waals surface area contributed by atoms with Crippen molar-refractivity contribution in [1.82, 2.24) is 5.32 Å². The quantitative estimate of drug-likeness (QED) is 0.894. The molecule has 0 heterocycles. The Labute approximate surface area is 130 Å². The Morgan fingerprint density at radius 2 is 2.10 bits per heavy atom. The first-order chi connectivity index (χ1) is 9.94. The van der Waals surface area contributed by atoms with Gasteiger partial charge in [0.05, 0.1) is 20.9 Å². The lowest BCUT2D eigenvalue weighted by Crippen LogP contribution is -2.48. The number of halogens is 1. The summed E-state index contributed by atoms with van der Waals surface area (Å²) in [6, 6.07) is 6.69. The Morgan fingerprint density at radius 3 is 2.76 bits per heavy atom. The molecule has 0 aromatic heterocycles. The topological polar surface area (TPSA) is 29.1 Å². The molecule has 1 saturated carbocycles. The molecule has 2 rings (SSSR count). The molecule has 3 atom stereocenters. The number of benzene rings is 1. The molecule has 0 bridgehead atoms. The molecule has 0 amide bonds. The average Bonchev–Trinajstić information content (AvgIpc) is 2.45. The van der Waals surface area contributed by atoms with Gasteiger partial charge in [-0.25, -0.2) is 4.39 Å². The van der Waals surface area contributed by atoms with E-state index in [1.54, 1.807) is 18.2 Å². The van der Waals surface area contributed by atoms with Gasteiger partial charge in [-0.1, -0.05) is 32.9 Å². The number of hydrogen-bond donors (Lipinski definition) is 1. The molecule has 0 spiro atoms. The van der Waals surface area contributed by atoms with Gasteiger partial charge in [0.15, 0.2) is 0 Å². The van der Waals surface area contributed by atoms with Crippen molar-refractivity contribution in [2.45, 2.75) is 62.6 Å². The molecule has 3 unspecified atom stereocenters. The molecule has 1 N–H and O–H groups in total. The van der Waals surface area contributed by atoms with Crippen molar-refractivity contribution in [2.24, 2.45) is 5.41 Å². The van der Waals surface area contributed by atoms with Gasteiger partial charge in [-0.05, 0) is 49.8 Å². The lowest BCUT2D eigenvalue weighted by Gasteiger charge is -2.40. The van der Waals surface area contributed by atoms with Crippen molar-refractivity contribution >= 4 is 10.8 Å². The van der Waals surface area contributed by atoms with Gasteiger partial charge in [-0.15, -0.1) is 0 Å². The summed E-state index contributed by atoms with van der Waals surface area (Å²) in [7, 11) is -1.30. The highest BCUT2D eigenvalue weighted by Gasteiger charge is 2.38. The van der Waals surface area contributed by atoms with Crippen LogP contribution in [0.1, 0.15) is 46.5 Å². The van der Waals surface area contributed by atoms with Crippen molar-refractivity contribution in [3.05, 3.63) is 30.1 Å². The lowest BCUT2D eigenvalue weighted by molar-refractivity contribution is 0.211. The molecular weight excluding hydrogens is 285 g/mol. The monoisotopic (exact) mass is 311 g/mol. The van der Waals surface area contributed by atoms with Crippen molar-refractivity contribution in [1.29, 1.82) is 0 Å². The maximum absolute atomic E-state index is 14.0. The van der Waals surface area contributed by atoms with Gasteiger partial charge in [0, 0.05) is 6.04 Å². The van der Waals surface area contributed by atoms with Gasteiger partial charge in [0.1, 0.15) is 5.82 Å². The molecule has 1 fully saturated rings. The summed E-state index contributed by atoms with van der Waals surface area (Å²) in [6.45, 7) is 7.49. The normalized spacial score (nSPS) is 26.5. The third-order valence-electron chi connectivity index (χ3n) is 4.32. The summed E-state index contributed by atoms with van der Waals surface area (Å²) >= 11 is 0. The average molecular weight is 311 g/mol. The van der Waals surface area contributed by atoms with E-state index >= 15 is 0 Å². The summed E-state index contributed by atoms with van der Waals surface area (Å²) in [5, 5.41) is 3.50. The van der Waals surface area contributed by atoms with Crippen LogP contribution in [0.15, 0.2) is 29.2 Å². The Bertz CT molecular complexity index is 503. The summed E-state index contributed by atoms with van der Waals surface area (Å²) in [5.74, 6) is -0.353. The molecule has 2 nitrogen and oxygen atoms in total. The van der Waals surface area contributed by atoms with Crippen LogP contribution < -0.4 is 5.32 Å². The van der Waals surface area contributed by atoms with Crippen LogP contribution in [0.5, 0.6) is 0 Å². The molecule has 1 aromatic rings. The van der Waals surface area contributed by atoms with Crippen molar-refractivity contribution in [3.63, 3.8) is 0 Å². The molecule has 118 valence electrons. The van der Waals surface area contributed by atoms with E-state index < -0.39 is 10.8 Å². The molecule has 0 saturated heterocycles. The van der Waals surface area contributed by atoms with E-state index in [0.717, 1.165) is 32.2 Å². The fourth-order valence-corrected chi connectivity index (χ4v) is 5.01. The van der Waals surface area contributed by atoms with E-state index in [2.05, 4.69) is 26.1 Å². The predicted octanol–water partition coefficient (Wildman–Crippen LogP) is 3.88. The van der Waals surface area contributed by atoms with Crippen molar-refractivity contribution in [3.8, 4) is 0 Å². The van der Waals surface area contributed by atoms with Gasteiger partial charge >= 0.3 is 0 Å². The van der Waals surface area contributed by atoms with Crippen LogP contribution in [-0.2, 0) is 10.8 Å². The SMILES string of the molecule is CCCNC1CCC(C)(C)CC1S(=O)c1ccccc1F. The predicted molar refractivity (Wildman–Crippen MR) is 86.3 cm³/mol. The highest BCUT2D eigenvalue weighted by Crippen LogP contribution is 2.39. The lowest BCUT2D eigenvalue weighted by atomic mass is 9.75. The second-order valence-corrected chi connectivity index (χ2v) is 8.37. The fourth-order valence-electron chi connectivity index (χ4n) is 3.08. The number of hydrogen-bond acceptors (Lipinski definition) is 2. The number of rotatable bonds is 5. The zero-order chi connectivity index (χ0) is 15.5. The van der Waals surface area contributed by atoms with Gasteiger partial charge in [0.2, 0.25) is 0 Å². The second kappa shape index (κ2) is 7.01. The van der Waals surface area contributed by atoms with E-state index in [1.165, 1.54) is 6.07 Å². The highest BCUT2D eigenvalue weighted by molar-refractivity contribution is 7.85. The first-order valence-corrected chi connectivity index (χ1v) is 9.04. The minimum absolute atomic E-state index is 0.0165. The molecule has 21 heavy (non-hydrogen) atoms. The number of nitrogens with one attached hydrogen (secondary N) is 1. The first-order valence-electron chi connectivity index (χ1n) is 7.83. The zero-order valence-corrected chi connectivity index (χ0v) is 14.0. The third-order valence-corrected chi connectivity index (χ3v) is 6.13. The van der Waals surface area contributed by atoms with E-state index in [1.807, 2.05) is 0 Å². The van der Waals surface area contributed by atoms with Gasteiger partial charge in [-0.2, -0.15) is 0 Å². The maximum Gasteiger partial charge on any atom is 0.139 e. The molecule has 1 aliphatic rings. The van der Waals surface area contributed by atoms with Crippen LogP contribution in [0.2, 0.25) is 0 Å². The van der Waals surface area contributed by atoms with Crippen LogP contribution >= 0.6 is 0 Å². The second-order valence-electron chi connectivity index (χ2n) is 6.73. The van der Waals surface area contributed by atoms with Crippen LogP contribution in [0.3, 0.4) is 0 Å². The summed E-state index contributed by atoms with van der Waals surface area (Å²) in [6.07, 6.45) is 4.06. The molecule has 0 radical (unpaired) electrons. The molecule has 1 aromatic carbocycles. The molecular formula is C17H26FNOS. The Balaban J connectivity index is 2.22. The smallest absolute Gasteiger partial charge is 0.139 e. The summed E-state index contributed by atoms with van der Waals surface area (Å²) in [5.41, 5.74) is 0.177. The Morgan fingerprint density at radius 1 is 1.38 bits per heavy atom. The largest absolute Gasteiger partial charge is 0.313 e. The van der Waals surface area contributed by atoms with E-state index in [4.69, 9.17) is 0 Å². The van der Waals surface area contributed by atoms with Crippen LogP contribution in [-0.4, -0.2) is 22.0 Å². The van der Waals surface area contributed by atoms with Gasteiger partial charge < -0.3 is 5.32 Å². The zero-order valence-electron chi connectivity index (χ0n) is 13.2. The maximum atomic E-state index is 14.0. The standard InChI is InChI=1S/C17H26FNOS/c1-4-11-19-14-9-10-17(2,3)12-16(14)21(20)15-8-6-5-7-13(15)18/h5-8,14,16,19H,4,9-12H2,1-3H3. The molecule has 0 aliphatic heterocycles. The fraction of sp³-hybridized carbons (Fsp3) is 0.647. The van der Waals surface area contributed by atoms with E-state index in [0.29, 0.717) is 4.90 Å².